The molecule has 3 rings (SSSR count). The second kappa shape index (κ2) is 11.0. The number of ether oxygens (including phenoxy) is 1. The maximum absolute atomic E-state index is 13.8. The van der Waals surface area contributed by atoms with E-state index in [1.165, 1.54) is 18.2 Å². The third-order valence-corrected chi connectivity index (χ3v) is 5.48. The standard InChI is InChI=1S/C25H30FN3O3/c1-4-14-29-23(27-21-13-7-6-12-20(21)25(29)31)22(5-2)28(15-9-16-32-3)24(30)18-10-8-11-19(26)17-18/h6-8,10-13,17,22H,4-5,9,14-16H2,1-3H3. The molecule has 1 aromatic heterocycles. The Hall–Kier alpha value is -3.06. The molecular formula is C25H30FN3O3. The third kappa shape index (κ3) is 5.05. The Morgan fingerprint density at radius 1 is 1.19 bits per heavy atom. The van der Waals surface area contributed by atoms with Crippen molar-refractivity contribution in [2.24, 2.45) is 0 Å². The van der Waals surface area contributed by atoms with E-state index >= 15 is 0 Å². The Labute approximate surface area is 187 Å². The maximum atomic E-state index is 13.8. The minimum absolute atomic E-state index is 0.110. The summed E-state index contributed by atoms with van der Waals surface area (Å²) in [5.41, 5.74) is 0.764. The van der Waals surface area contributed by atoms with Crippen molar-refractivity contribution in [3.8, 4) is 0 Å². The van der Waals surface area contributed by atoms with Crippen LogP contribution >= 0.6 is 0 Å². The van der Waals surface area contributed by atoms with E-state index in [2.05, 4.69) is 0 Å². The number of amides is 1. The molecule has 32 heavy (non-hydrogen) atoms. The van der Waals surface area contributed by atoms with Gasteiger partial charge in [-0.05, 0) is 49.6 Å². The van der Waals surface area contributed by atoms with Gasteiger partial charge in [0.25, 0.3) is 11.5 Å². The van der Waals surface area contributed by atoms with Crippen LogP contribution in [0.4, 0.5) is 4.39 Å². The van der Waals surface area contributed by atoms with Gasteiger partial charge in [-0.2, -0.15) is 0 Å². The number of halogens is 1. The van der Waals surface area contributed by atoms with Gasteiger partial charge in [0.1, 0.15) is 11.6 Å². The minimum atomic E-state index is -0.465. The van der Waals surface area contributed by atoms with Gasteiger partial charge in [-0.25, -0.2) is 9.37 Å². The lowest BCUT2D eigenvalue weighted by Crippen LogP contribution is -2.39. The average Bonchev–Trinajstić information content (AvgIpc) is 2.80. The summed E-state index contributed by atoms with van der Waals surface area (Å²) in [6.07, 6.45) is 1.92. The molecule has 0 N–H and O–H groups in total. The minimum Gasteiger partial charge on any atom is -0.385 e. The van der Waals surface area contributed by atoms with Crippen molar-refractivity contribution in [2.45, 2.75) is 45.7 Å². The molecule has 0 aliphatic carbocycles. The number of hydrogen-bond acceptors (Lipinski definition) is 4. The fourth-order valence-electron chi connectivity index (χ4n) is 3.99. The highest BCUT2D eigenvalue weighted by molar-refractivity contribution is 5.94. The Bertz CT molecular complexity index is 1130. The van der Waals surface area contributed by atoms with Crippen molar-refractivity contribution in [2.75, 3.05) is 20.3 Å². The van der Waals surface area contributed by atoms with Crippen molar-refractivity contribution in [1.29, 1.82) is 0 Å². The maximum Gasteiger partial charge on any atom is 0.261 e. The molecule has 1 heterocycles. The smallest absolute Gasteiger partial charge is 0.261 e. The predicted molar refractivity (Wildman–Crippen MR) is 123 cm³/mol. The highest BCUT2D eigenvalue weighted by Crippen LogP contribution is 2.26. The van der Waals surface area contributed by atoms with Gasteiger partial charge in [-0.3, -0.25) is 14.2 Å². The number of aromatic nitrogens is 2. The third-order valence-electron chi connectivity index (χ3n) is 5.48. The molecule has 0 saturated carbocycles. The number of para-hydroxylation sites is 1. The largest absolute Gasteiger partial charge is 0.385 e. The molecule has 0 radical (unpaired) electrons. The summed E-state index contributed by atoms with van der Waals surface area (Å²) < 4.78 is 20.7. The lowest BCUT2D eigenvalue weighted by Gasteiger charge is -2.32. The number of fused-ring (bicyclic) bond motifs is 1. The normalized spacial score (nSPS) is 12.1. The summed E-state index contributed by atoms with van der Waals surface area (Å²) >= 11 is 0. The van der Waals surface area contributed by atoms with Crippen molar-refractivity contribution >= 4 is 16.8 Å². The van der Waals surface area contributed by atoms with Crippen LogP contribution in [0, 0.1) is 5.82 Å². The monoisotopic (exact) mass is 439 g/mol. The summed E-state index contributed by atoms with van der Waals surface area (Å²) in [4.78, 5) is 33.3. The molecule has 0 aliphatic rings. The van der Waals surface area contributed by atoms with Gasteiger partial charge < -0.3 is 9.64 Å². The SMILES string of the molecule is CCCn1c(C(CC)N(CCCOC)C(=O)c2cccc(F)c2)nc2ccccc2c1=O. The van der Waals surface area contributed by atoms with E-state index in [-0.39, 0.29) is 17.0 Å². The summed E-state index contributed by atoms with van der Waals surface area (Å²) in [5.74, 6) is -0.203. The highest BCUT2D eigenvalue weighted by Gasteiger charge is 2.29. The van der Waals surface area contributed by atoms with Crippen molar-refractivity contribution in [1.82, 2.24) is 14.5 Å². The molecule has 170 valence electrons. The summed E-state index contributed by atoms with van der Waals surface area (Å²) in [6.45, 7) is 5.35. The number of nitrogens with zero attached hydrogens (tertiary/aromatic N) is 3. The zero-order chi connectivity index (χ0) is 23.1. The van der Waals surface area contributed by atoms with E-state index < -0.39 is 11.9 Å². The first kappa shape index (κ1) is 23.6. The number of methoxy groups -OCH3 is 1. The zero-order valence-electron chi connectivity index (χ0n) is 18.9. The average molecular weight is 440 g/mol. The quantitative estimate of drug-likeness (QED) is 0.434. The Kier molecular flexibility index (Phi) is 8.11. The molecule has 0 bridgehead atoms. The molecular weight excluding hydrogens is 409 g/mol. The second-order valence-corrected chi connectivity index (χ2v) is 7.72. The van der Waals surface area contributed by atoms with Crippen LogP contribution in [0.3, 0.4) is 0 Å². The van der Waals surface area contributed by atoms with Gasteiger partial charge in [0.2, 0.25) is 0 Å². The van der Waals surface area contributed by atoms with Crippen molar-refractivity contribution < 1.29 is 13.9 Å². The molecule has 1 atom stereocenters. The molecule has 1 unspecified atom stereocenters. The first-order chi connectivity index (χ1) is 15.5. The van der Waals surface area contributed by atoms with Gasteiger partial charge in [0.05, 0.1) is 16.9 Å². The van der Waals surface area contributed by atoms with Crippen LogP contribution in [-0.2, 0) is 11.3 Å². The van der Waals surface area contributed by atoms with E-state index in [0.717, 1.165) is 6.42 Å². The predicted octanol–water partition coefficient (Wildman–Crippen LogP) is 4.58. The molecule has 7 heteroatoms. The van der Waals surface area contributed by atoms with E-state index in [4.69, 9.17) is 9.72 Å². The first-order valence-electron chi connectivity index (χ1n) is 11.1. The molecule has 0 fully saturated rings. The number of hydrogen-bond donors (Lipinski definition) is 0. The highest BCUT2D eigenvalue weighted by atomic mass is 19.1. The van der Waals surface area contributed by atoms with Crippen LogP contribution in [0.1, 0.15) is 55.3 Å². The van der Waals surface area contributed by atoms with Crippen LogP contribution in [0.5, 0.6) is 0 Å². The van der Waals surface area contributed by atoms with Gasteiger partial charge in [0, 0.05) is 32.4 Å². The van der Waals surface area contributed by atoms with E-state index in [1.54, 1.807) is 28.7 Å². The lowest BCUT2D eigenvalue weighted by molar-refractivity contribution is 0.0631. The van der Waals surface area contributed by atoms with Gasteiger partial charge in [-0.1, -0.05) is 32.0 Å². The number of carbonyl (C=O) groups is 1. The Morgan fingerprint density at radius 3 is 2.66 bits per heavy atom. The molecule has 6 nitrogen and oxygen atoms in total. The molecule has 3 aromatic rings. The van der Waals surface area contributed by atoms with Gasteiger partial charge in [-0.15, -0.1) is 0 Å². The van der Waals surface area contributed by atoms with Gasteiger partial charge >= 0.3 is 0 Å². The van der Waals surface area contributed by atoms with Crippen molar-refractivity contribution in [3.63, 3.8) is 0 Å². The molecule has 0 saturated heterocycles. The van der Waals surface area contributed by atoms with Crippen LogP contribution in [0.2, 0.25) is 0 Å². The molecule has 1 amide bonds. The number of benzene rings is 2. The van der Waals surface area contributed by atoms with Crippen molar-refractivity contribution in [3.05, 3.63) is 76.1 Å². The molecule has 0 aliphatic heterocycles. The lowest BCUT2D eigenvalue weighted by atomic mass is 10.1. The first-order valence-corrected chi connectivity index (χ1v) is 11.1. The Balaban J connectivity index is 2.14. The van der Waals surface area contributed by atoms with Crippen LogP contribution in [-0.4, -0.2) is 40.6 Å². The van der Waals surface area contributed by atoms with Crippen LogP contribution in [0.15, 0.2) is 53.3 Å². The van der Waals surface area contributed by atoms with E-state index in [1.807, 2.05) is 32.0 Å². The van der Waals surface area contributed by atoms with E-state index in [0.29, 0.717) is 49.3 Å². The fourth-order valence-corrected chi connectivity index (χ4v) is 3.99. The molecule has 0 spiro atoms. The second-order valence-electron chi connectivity index (χ2n) is 7.72. The summed E-state index contributed by atoms with van der Waals surface area (Å²) in [5, 5.41) is 0.557. The molecule has 2 aromatic carbocycles. The van der Waals surface area contributed by atoms with E-state index in [9.17, 15) is 14.0 Å². The zero-order valence-corrected chi connectivity index (χ0v) is 18.9. The van der Waals surface area contributed by atoms with Crippen LogP contribution < -0.4 is 5.56 Å². The van der Waals surface area contributed by atoms with Gasteiger partial charge in [0.15, 0.2) is 0 Å². The number of carbonyl (C=O) groups excluding carboxylic acids is 1. The van der Waals surface area contributed by atoms with Crippen LogP contribution in [0.25, 0.3) is 10.9 Å². The Morgan fingerprint density at radius 2 is 1.97 bits per heavy atom. The topological polar surface area (TPSA) is 64.4 Å². The fraction of sp³-hybridized carbons (Fsp3) is 0.400. The summed E-state index contributed by atoms with van der Waals surface area (Å²) in [6, 6.07) is 12.5. The summed E-state index contributed by atoms with van der Waals surface area (Å²) in [7, 11) is 1.61. The number of rotatable bonds is 10.